The van der Waals surface area contributed by atoms with Crippen molar-refractivity contribution in [2.75, 3.05) is 14.2 Å². The van der Waals surface area contributed by atoms with E-state index in [1.54, 1.807) is 18.2 Å². The van der Waals surface area contributed by atoms with Crippen LogP contribution in [0, 0.1) is 6.92 Å². The van der Waals surface area contributed by atoms with Crippen LogP contribution in [0.15, 0.2) is 53.4 Å². The van der Waals surface area contributed by atoms with Crippen molar-refractivity contribution in [2.24, 2.45) is 0 Å². The molecule has 0 aromatic heterocycles. The molecule has 0 aliphatic carbocycles. The Bertz CT molecular complexity index is 921. The van der Waals surface area contributed by atoms with Gasteiger partial charge in [0, 0.05) is 12.6 Å². The Morgan fingerprint density at radius 1 is 1.19 bits per heavy atom. The Labute approximate surface area is 153 Å². The first-order valence-corrected chi connectivity index (χ1v) is 9.47. The lowest BCUT2D eigenvalue weighted by molar-refractivity contribution is -0.116. The van der Waals surface area contributed by atoms with Gasteiger partial charge in [-0.15, -0.1) is 0 Å². The highest BCUT2D eigenvalue weighted by atomic mass is 32.2. The summed E-state index contributed by atoms with van der Waals surface area (Å²) in [7, 11) is -0.931. The zero-order valence-corrected chi connectivity index (χ0v) is 15.8. The Morgan fingerprint density at radius 3 is 2.62 bits per heavy atom. The van der Waals surface area contributed by atoms with E-state index in [1.165, 1.54) is 26.3 Å². The number of methoxy groups -OCH3 is 1. The largest absolute Gasteiger partial charge is 0.495 e. The molecular formula is C19H22N2O4S. The van der Waals surface area contributed by atoms with Gasteiger partial charge in [-0.1, -0.05) is 35.9 Å². The number of carbonyl (C=O) groups is 1. The number of amides is 1. The van der Waals surface area contributed by atoms with Gasteiger partial charge in [-0.2, -0.15) is 0 Å². The first-order valence-electron chi connectivity index (χ1n) is 7.99. The van der Waals surface area contributed by atoms with Crippen LogP contribution in [0.2, 0.25) is 0 Å². The topological polar surface area (TPSA) is 84.5 Å². The minimum absolute atomic E-state index is 0.0184. The van der Waals surface area contributed by atoms with Crippen molar-refractivity contribution in [1.82, 2.24) is 10.0 Å². The molecule has 2 N–H and O–H groups in total. The number of hydrogen-bond donors (Lipinski definition) is 2. The lowest BCUT2D eigenvalue weighted by Gasteiger charge is -2.09. The van der Waals surface area contributed by atoms with Gasteiger partial charge in [0.15, 0.2) is 0 Å². The van der Waals surface area contributed by atoms with Crippen LogP contribution in [0.4, 0.5) is 0 Å². The van der Waals surface area contributed by atoms with E-state index < -0.39 is 10.0 Å². The van der Waals surface area contributed by atoms with Crippen molar-refractivity contribution in [2.45, 2.75) is 18.4 Å². The monoisotopic (exact) mass is 374 g/mol. The highest BCUT2D eigenvalue weighted by Crippen LogP contribution is 2.25. The maximum Gasteiger partial charge on any atom is 0.244 e. The van der Waals surface area contributed by atoms with Gasteiger partial charge in [0.05, 0.1) is 7.11 Å². The Hall–Kier alpha value is -2.64. The van der Waals surface area contributed by atoms with Gasteiger partial charge in [-0.05, 0) is 43.3 Å². The summed E-state index contributed by atoms with van der Waals surface area (Å²) in [5, 5.41) is 2.79. The summed E-state index contributed by atoms with van der Waals surface area (Å²) in [6.07, 6.45) is 2.92. The summed E-state index contributed by atoms with van der Waals surface area (Å²) >= 11 is 0. The first-order chi connectivity index (χ1) is 12.4. The fraction of sp³-hybridized carbons (Fsp3) is 0.211. The second-order valence-corrected chi connectivity index (χ2v) is 7.51. The third-order valence-electron chi connectivity index (χ3n) is 3.72. The zero-order valence-electron chi connectivity index (χ0n) is 14.9. The summed E-state index contributed by atoms with van der Waals surface area (Å²) in [5.41, 5.74) is 2.72. The third-order valence-corrected chi connectivity index (χ3v) is 5.16. The van der Waals surface area contributed by atoms with E-state index in [9.17, 15) is 13.2 Å². The molecule has 138 valence electrons. The lowest BCUT2D eigenvalue weighted by Crippen LogP contribution is -2.20. The van der Waals surface area contributed by atoms with Crippen LogP contribution in [-0.4, -0.2) is 28.5 Å². The average Bonchev–Trinajstić information content (AvgIpc) is 2.64. The summed E-state index contributed by atoms with van der Waals surface area (Å²) in [4.78, 5) is 12.0. The predicted molar refractivity (Wildman–Crippen MR) is 101 cm³/mol. The maximum atomic E-state index is 12.1. The van der Waals surface area contributed by atoms with Crippen molar-refractivity contribution in [1.29, 1.82) is 0 Å². The Kier molecular flexibility index (Phi) is 6.54. The summed E-state index contributed by atoms with van der Waals surface area (Å²) in [6, 6.07) is 12.6. The molecule has 26 heavy (non-hydrogen) atoms. The van der Waals surface area contributed by atoms with Crippen LogP contribution >= 0.6 is 0 Å². The first kappa shape index (κ1) is 19.7. The minimum Gasteiger partial charge on any atom is -0.495 e. The molecule has 0 saturated heterocycles. The van der Waals surface area contributed by atoms with Crippen LogP contribution in [-0.2, 0) is 21.4 Å². The molecule has 0 radical (unpaired) electrons. The maximum absolute atomic E-state index is 12.1. The molecule has 0 aliphatic heterocycles. The van der Waals surface area contributed by atoms with E-state index in [1.807, 2.05) is 31.2 Å². The lowest BCUT2D eigenvalue weighted by atomic mass is 10.1. The molecule has 0 unspecified atom stereocenters. The molecule has 0 bridgehead atoms. The number of ether oxygens (including phenoxy) is 1. The van der Waals surface area contributed by atoms with Crippen LogP contribution in [0.25, 0.3) is 6.08 Å². The predicted octanol–water partition coefficient (Wildman–Crippen LogP) is 2.24. The van der Waals surface area contributed by atoms with Gasteiger partial charge >= 0.3 is 0 Å². The second kappa shape index (κ2) is 8.64. The fourth-order valence-electron chi connectivity index (χ4n) is 2.36. The van der Waals surface area contributed by atoms with Crippen molar-refractivity contribution in [3.63, 3.8) is 0 Å². The molecule has 2 aromatic rings. The van der Waals surface area contributed by atoms with Gasteiger partial charge in [-0.3, -0.25) is 4.79 Å². The molecule has 6 nitrogen and oxygen atoms in total. The van der Waals surface area contributed by atoms with E-state index >= 15 is 0 Å². The van der Waals surface area contributed by atoms with Crippen LogP contribution < -0.4 is 14.8 Å². The van der Waals surface area contributed by atoms with Crippen LogP contribution in [0.3, 0.4) is 0 Å². The third kappa shape index (κ3) is 5.18. The van der Waals surface area contributed by atoms with Crippen molar-refractivity contribution >= 4 is 22.0 Å². The molecule has 2 aromatic carbocycles. The molecule has 2 rings (SSSR count). The van der Waals surface area contributed by atoms with Gasteiger partial charge in [-0.25, -0.2) is 13.1 Å². The standard InChI is InChI=1S/C19H22N2O4S/c1-14-5-4-6-16(11-14)13-21-19(22)10-8-15-7-9-17(25-3)18(12-15)26(23,24)20-2/h4-12,20H,13H2,1-3H3,(H,21,22)/b10-8+. The number of sulfonamides is 1. The smallest absolute Gasteiger partial charge is 0.244 e. The van der Waals surface area contributed by atoms with E-state index in [-0.39, 0.29) is 16.6 Å². The minimum atomic E-state index is -3.66. The second-order valence-electron chi connectivity index (χ2n) is 5.66. The summed E-state index contributed by atoms with van der Waals surface area (Å²) in [6.45, 7) is 2.42. The van der Waals surface area contributed by atoms with Crippen molar-refractivity contribution in [3.8, 4) is 5.75 Å². The molecule has 7 heteroatoms. The van der Waals surface area contributed by atoms with Crippen molar-refractivity contribution in [3.05, 3.63) is 65.2 Å². The average molecular weight is 374 g/mol. The van der Waals surface area contributed by atoms with E-state index in [0.29, 0.717) is 12.1 Å². The molecule has 0 saturated carbocycles. The van der Waals surface area contributed by atoms with Gasteiger partial charge < -0.3 is 10.1 Å². The van der Waals surface area contributed by atoms with Crippen LogP contribution in [0.1, 0.15) is 16.7 Å². The molecule has 0 aliphatic rings. The quantitative estimate of drug-likeness (QED) is 0.728. The molecular weight excluding hydrogens is 352 g/mol. The number of rotatable bonds is 7. The highest BCUT2D eigenvalue weighted by Gasteiger charge is 2.17. The van der Waals surface area contributed by atoms with Gasteiger partial charge in [0.2, 0.25) is 15.9 Å². The summed E-state index contributed by atoms with van der Waals surface area (Å²) in [5.74, 6) is -0.0271. The summed E-state index contributed by atoms with van der Waals surface area (Å²) < 4.78 is 31.5. The normalized spacial score (nSPS) is 11.5. The number of hydrogen-bond acceptors (Lipinski definition) is 4. The van der Waals surface area contributed by atoms with Crippen molar-refractivity contribution < 1.29 is 17.9 Å². The van der Waals surface area contributed by atoms with E-state index in [4.69, 9.17) is 4.74 Å². The number of nitrogens with one attached hydrogen (secondary N) is 2. The van der Waals surface area contributed by atoms with Crippen LogP contribution in [0.5, 0.6) is 5.75 Å². The van der Waals surface area contributed by atoms with E-state index in [2.05, 4.69) is 10.0 Å². The number of aryl methyl sites for hydroxylation is 1. The number of benzene rings is 2. The molecule has 0 heterocycles. The molecule has 0 fully saturated rings. The SMILES string of the molecule is CNS(=O)(=O)c1cc(/C=C/C(=O)NCc2cccc(C)c2)ccc1OC. The Balaban J connectivity index is 2.09. The zero-order chi connectivity index (χ0) is 19.2. The number of carbonyl (C=O) groups excluding carboxylic acids is 1. The highest BCUT2D eigenvalue weighted by molar-refractivity contribution is 7.89. The van der Waals surface area contributed by atoms with Gasteiger partial charge in [0.1, 0.15) is 10.6 Å². The molecule has 0 atom stereocenters. The van der Waals surface area contributed by atoms with Gasteiger partial charge in [0.25, 0.3) is 0 Å². The Morgan fingerprint density at radius 2 is 1.96 bits per heavy atom. The van der Waals surface area contributed by atoms with E-state index in [0.717, 1.165) is 11.1 Å². The fourth-order valence-corrected chi connectivity index (χ4v) is 3.29. The molecule has 1 amide bonds. The molecule has 0 spiro atoms.